The van der Waals surface area contributed by atoms with Gasteiger partial charge in [0, 0.05) is 0 Å². The third-order valence-corrected chi connectivity index (χ3v) is 1.39. The molecule has 0 amide bonds. The van der Waals surface area contributed by atoms with E-state index in [0.717, 1.165) is 0 Å². The Labute approximate surface area is 69.6 Å². The maximum absolute atomic E-state index is 3.96. The lowest BCUT2D eigenvalue weighted by molar-refractivity contribution is -0.603. The number of hydrogen-bond acceptors (Lipinski definition) is 3. The molecule has 0 aliphatic carbocycles. The number of aromatic nitrogens is 4. The molecule has 0 aromatic carbocycles. The van der Waals surface area contributed by atoms with Gasteiger partial charge in [0.1, 0.15) is 0 Å². The molecule has 0 atom stereocenters. The SMILES string of the molecule is [c]1ncnc(-[n+]2ccccc2)n1. The summed E-state index contributed by atoms with van der Waals surface area (Å²) in [5.41, 5.74) is 0. The van der Waals surface area contributed by atoms with Gasteiger partial charge in [-0.2, -0.15) is 4.98 Å². The number of hydrogen-bond donors (Lipinski definition) is 0. The van der Waals surface area contributed by atoms with Gasteiger partial charge in [0.15, 0.2) is 6.33 Å². The fourth-order valence-electron chi connectivity index (χ4n) is 0.865. The van der Waals surface area contributed by atoms with Crippen LogP contribution in [0.25, 0.3) is 5.95 Å². The van der Waals surface area contributed by atoms with Crippen molar-refractivity contribution in [2.45, 2.75) is 0 Å². The minimum atomic E-state index is 0.575. The summed E-state index contributed by atoms with van der Waals surface area (Å²) < 4.78 is 1.79. The Morgan fingerprint density at radius 1 is 1.17 bits per heavy atom. The molecule has 12 heavy (non-hydrogen) atoms. The number of pyridine rings is 1. The van der Waals surface area contributed by atoms with Gasteiger partial charge in [-0.15, -0.1) is 0 Å². The molecule has 2 heterocycles. The Hall–Kier alpha value is -1.84. The van der Waals surface area contributed by atoms with Gasteiger partial charge in [0.25, 0.3) is 6.33 Å². The van der Waals surface area contributed by atoms with Gasteiger partial charge in [-0.05, 0) is 17.1 Å². The molecule has 0 aliphatic rings. The maximum Gasteiger partial charge on any atom is 0.441 e. The summed E-state index contributed by atoms with van der Waals surface area (Å²) >= 11 is 0. The van der Waals surface area contributed by atoms with E-state index in [1.807, 2.05) is 30.6 Å². The van der Waals surface area contributed by atoms with Crippen molar-refractivity contribution in [2.75, 3.05) is 0 Å². The first-order valence-corrected chi connectivity index (χ1v) is 3.48. The molecule has 2 aromatic heterocycles. The van der Waals surface area contributed by atoms with Crippen molar-refractivity contribution in [1.29, 1.82) is 0 Å². The topological polar surface area (TPSA) is 42.5 Å². The average molecular weight is 158 g/mol. The van der Waals surface area contributed by atoms with E-state index in [9.17, 15) is 0 Å². The van der Waals surface area contributed by atoms with E-state index in [2.05, 4.69) is 21.3 Å². The van der Waals surface area contributed by atoms with E-state index >= 15 is 0 Å². The van der Waals surface area contributed by atoms with Gasteiger partial charge >= 0.3 is 5.95 Å². The Kier molecular flexibility index (Phi) is 1.74. The second-order valence-corrected chi connectivity index (χ2v) is 2.17. The monoisotopic (exact) mass is 158 g/mol. The molecule has 2 aromatic rings. The molecule has 0 unspecified atom stereocenters. The molecule has 2 rings (SSSR count). The zero-order valence-corrected chi connectivity index (χ0v) is 6.25. The normalized spacial score (nSPS) is 9.67. The lowest BCUT2D eigenvalue weighted by Crippen LogP contribution is -2.31. The Balaban J connectivity index is 2.46. The highest BCUT2D eigenvalue weighted by Crippen LogP contribution is 1.83. The van der Waals surface area contributed by atoms with E-state index < -0.39 is 0 Å². The fraction of sp³-hybridized carbons (Fsp3) is 0. The standard InChI is InChI=1S/C8H6N4/c1-2-4-12(5-3-1)8-10-6-9-7-11-8/h1-6H/q+1. The molecule has 0 fully saturated rings. The summed E-state index contributed by atoms with van der Waals surface area (Å²) in [7, 11) is 0. The van der Waals surface area contributed by atoms with Gasteiger partial charge < -0.3 is 0 Å². The van der Waals surface area contributed by atoms with Crippen LogP contribution in [0.1, 0.15) is 0 Å². The fourth-order valence-corrected chi connectivity index (χ4v) is 0.865. The van der Waals surface area contributed by atoms with Crippen LogP contribution in [0.5, 0.6) is 0 Å². The minimum absolute atomic E-state index is 0.575. The first-order chi connectivity index (χ1) is 5.97. The quantitative estimate of drug-likeness (QED) is 0.546. The van der Waals surface area contributed by atoms with Crippen LogP contribution in [0.3, 0.4) is 0 Å². The maximum atomic E-state index is 3.96. The molecule has 0 bridgehead atoms. The summed E-state index contributed by atoms with van der Waals surface area (Å²) in [6.07, 6.45) is 7.62. The molecule has 0 spiro atoms. The van der Waals surface area contributed by atoms with Crippen LogP contribution >= 0.6 is 0 Å². The van der Waals surface area contributed by atoms with Crippen molar-refractivity contribution in [3.05, 3.63) is 43.2 Å². The Bertz CT molecular complexity index is 308. The van der Waals surface area contributed by atoms with Crippen molar-refractivity contribution < 1.29 is 4.57 Å². The van der Waals surface area contributed by atoms with E-state index in [0.29, 0.717) is 5.95 Å². The van der Waals surface area contributed by atoms with E-state index in [1.165, 1.54) is 6.33 Å². The molecule has 57 valence electrons. The van der Waals surface area contributed by atoms with Crippen LogP contribution in [-0.4, -0.2) is 15.0 Å². The molecule has 0 saturated heterocycles. The van der Waals surface area contributed by atoms with E-state index in [4.69, 9.17) is 0 Å². The highest BCUT2D eigenvalue weighted by Gasteiger charge is 2.05. The van der Waals surface area contributed by atoms with E-state index in [-0.39, 0.29) is 0 Å². The van der Waals surface area contributed by atoms with Crippen molar-refractivity contribution in [3.8, 4) is 5.95 Å². The Morgan fingerprint density at radius 2 is 2.00 bits per heavy atom. The molecule has 0 N–H and O–H groups in total. The lowest BCUT2D eigenvalue weighted by atomic mass is 10.5. The van der Waals surface area contributed by atoms with Crippen molar-refractivity contribution in [2.24, 2.45) is 0 Å². The molecule has 4 heteroatoms. The highest BCUT2D eigenvalue weighted by molar-refractivity contribution is 4.91. The smallest absolute Gasteiger partial charge is 0.206 e. The third kappa shape index (κ3) is 1.27. The molecular weight excluding hydrogens is 152 g/mol. The summed E-state index contributed by atoms with van der Waals surface area (Å²) in [6.45, 7) is 0. The molecular formula is C8H6N4+. The van der Waals surface area contributed by atoms with Gasteiger partial charge in [-0.25, -0.2) is 4.57 Å². The summed E-state index contributed by atoms with van der Waals surface area (Å²) in [6, 6.07) is 5.75. The van der Waals surface area contributed by atoms with Crippen LogP contribution in [-0.2, 0) is 0 Å². The van der Waals surface area contributed by atoms with Crippen LogP contribution in [0.15, 0.2) is 36.9 Å². The number of rotatable bonds is 1. The van der Waals surface area contributed by atoms with E-state index in [1.54, 1.807) is 4.57 Å². The number of nitrogens with zero attached hydrogens (tertiary/aromatic N) is 4. The first kappa shape index (κ1) is 6.84. The first-order valence-electron chi connectivity index (χ1n) is 3.48. The van der Waals surface area contributed by atoms with Crippen LogP contribution in [0, 0.1) is 6.33 Å². The van der Waals surface area contributed by atoms with Gasteiger partial charge in [-0.3, -0.25) is 0 Å². The van der Waals surface area contributed by atoms with Gasteiger partial charge in [-0.1, -0.05) is 11.1 Å². The van der Waals surface area contributed by atoms with Gasteiger partial charge in [0.2, 0.25) is 0 Å². The predicted octanol–water partition coefficient (Wildman–Crippen LogP) is -0.0515. The lowest BCUT2D eigenvalue weighted by Gasteiger charge is -1.90. The zero-order chi connectivity index (χ0) is 8.23. The second kappa shape index (κ2) is 3.04. The summed E-state index contributed by atoms with van der Waals surface area (Å²) in [5, 5.41) is 0. The third-order valence-electron chi connectivity index (χ3n) is 1.39. The summed E-state index contributed by atoms with van der Waals surface area (Å²) in [5.74, 6) is 0.575. The van der Waals surface area contributed by atoms with Gasteiger partial charge in [0.05, 0.1) is 12.4 Å². The van der Waals surface area contributed by atoms with Crippen LogP contribution < -0.4 is 4.57 Å². The molecule has 0 saturated carbocycles. The summed E-state index contributed by atoms with van der Waals surface area (Å²) in [4.78, 5) is 11.4. The molecule has 1 radical (unpaired) electrons. The second-order valence-electron chi connectivity index (χ2n) is 2.17. The van der Waals surface area contributed by atoms with Crippen molar-refractivity contribution >= 4 is 0 Å². The molecule has 0 aliphatic heterocycles. The minimum Gasteiger partial charge on any atom is -0.206 e. The molecule has 4 nitrogen and oxygen atoms in total. The van der Waals surface area contributed by atoms with Crippen LogP contribution in [0.2, 0.25) is 0 Å². The predicted molar refractivity (Wildman–Crippen MR) is 40.2 cm³/mol. The van der Waals surface area contributed by atoms with Crippen molar-refractivity contribution in [1.82, 2.24) is 15.0 Å². The van der Waals surface area contributed by atoms with Crippen LogP contribution in [0.4, 0.5) is 0 Å². The van der Waals surface area contributed by atoms with Crippen molar-refractivity contribution in [3.63, 3.8) is 0 Å². The Morgan fingerprint density at radius 3 is 2.67 bits per heavy atom. The zero-order valence-electron chi connectivity index (χ0n) is 6.25. The largest absolute Gasteiger partial charge is 0.441 e. The highest BCUT2D eigenvalue weighted by atomic mass is 15.2. The average Bonchev–Trinajstić information content (AvgIpc) is 2.21.